The highest BCUT2D eigenvalue weighted by molar-refractivity contribution is 6.55. The lowest BCUT2D eigenvalue weighted by molar-refractivity contribution is -0.394. The lowest BCUT2D eigenvalue weighted by Crippen LogP contribution is -2.37. The zero-order valence-electron chi connectivity index (χ0n) is 19.8. The molecule has 1 aliphatic rings. The number of nitro benzene ring substituents is 2. The Labute approximate surface area is 205 Å². The molecule has 8 nitrogen and oxygen atoms in total. The van der Waals surface area contributed by atoms with E-state index in [1.54, 1.807) is 0 Å². The minimum absolute atomic E-state index is 0.0791. The Balaban J connectivity index is 1.74. The SMILES string of the molecule is C[Si](C)CCC[C@H]1CCc2ccc3ccccc3c2[C@H]1NC(=O)c1cc([N+](=O)[O-])cc([N+](=O)[O-])c1. The van der Waals surface area contributed by atoms with Crippen LogP contribution in [-0.2, 0) is 6.42 Å². The van der Waals surface area contributed by atoms with Gasteiger partial charge in [-0.2, -0.15) is 0 Å². The van der Waals surface area contributed by atoms with Crippen LogP contribution in [0, 0.1) is 26.1 Å². The molecule has 0 spiro atoms. The number of carbonyl (C=O) groups is 1. The van der Waals surface area contributed by atoms with E-state index < -0.39 is 27.1 Å². The largest absolute Gasteiger partial charge is 0.345 e. The fourth-order valence-corrected chi connectivity index (χ4v) is 5.96. The highest BCUT2D eigenvalue weighted by Gasteiger charge is 2.33. The van der Waals surface area contributed by atoms with Crippen molar-refractivity contribution in [1.29, 1.82) is 0 Å². The summed E-state index contributed by atoms with van der Waals surface area (Å²) in [7, 11) is -0.352. The van der Waals surface area contributed by atoms with Crippen LogP contribution in [-0.4, -0.2) is 24.6 Å². The third-order valence-electron chi connectivity index (χ3n) is 6.75. The third-order valence-corrected chi connectivity index (χ3v) is 8.11. The fourth-order valence-electron chi connectivity index (χ4n) is 5.05. The Hall–Kier alpha value is -3.59. The molecule has 1 amide bonds. The van der Waals surface area contributed by atoms with Crippen LogP contribution in [0.25, 0.3) is 10.8 Å². The van der Waals surface area contributed by atoms with Gasteiger partial charge in [0, 0.05) is 20.9 Å². The van der Waals surface area contributed by atoms with E-state index in [2.05, 4.69) is 36.6 Å². The van der Waals surface area contributed by atoms with Gasteiger partial charge in [0.25, 0.3) is 17.3 Å². The first-order valence-electron chi connectivity index (χ1n) is 11.8. The Morgan fingerprint density at radius 3 is 2.37 bits per heavy atom. The van der Waals surface area contributed by atoms with Crippen molar-refractivity contribution in [2.24, 2.45) is 5.92 Å². The molecule has 0 aliphatic heterocycles. The van der Waals surface area contributed by atoms with Crippen LogP contribution >= 0.6 is 0 Å². The molecule has 1 N–H and O–H groups in total. The Kier molecular flexibility index (Phi) is 7.25. The van der Waals surface area contributed by atoms with E-state index in [4.69, 9.17) is 0 Å². The van der Waals surface area contributed by atoms with Gasteiger partial charge in [-0.3, -0.25) is 25.0 Å². The van der Waals surface area contributed by atoms with E-state index in [0.717, 1.165) is 60.2 Å². The van der Waals surface area contributed by atoms with E-state index in [1.807, 2.05) is 18.2 Å². The highest BCUT2D eigenvalue weighted by Crippen LogP contribution is 2.41. The lowest BCUT2D eigenvalue weighted by atomic mass is 9.75. The monoisotopic (exact) mass is 490 g/mol. The average Bonchev–Trinajstić information content (AvgIpc) is 2.84. The molecule has 0 saturated heterocycles. The predicted molar refractivity (Wildman–Crippen MR) is 137 cm³/mol. The summed E-state index contributed by atoms with van der Waals surface area (Å²) < 4.78 is 0. The van der Waals surface area contributed by atoms with Crippen molar-refractivity contribution in [3.05, 3.63) is 91.5 Å². The van der Waals surface area contributed by atoms with E-state index in [0.29, 0.717) is 0 Å². The molecule has 9 heteroatoms. The number of hydrogen-bond acceptors (Lipinski definition) is 5. The van der Waals surface area contributed by atoms with Crippen molar-refractivity contribution < 1.29 is 14.6 Å². The Morgan fingerprint density at radius 2 is 1.71 bits per heavy atom. The number of nitrogens with one attached hydrogen (secondary N) is 1. The molecule has 0 aromatic heterocycles. The summed E-state index contributed by atoms with van der Waals surface area (Å²) in [5, 5.41) is 28.0. The van der Waals surface area contributed by atoms with Crippen LogP contribution < -0.4 is 5.32 Å². The van der Waals surface area contributed by atoms with Gasteiger partial charge in [-0.1, -0.05) is 62.0 Å². The second-order valence-electron chi connectivity index (χ2n) is 9.46. The smallest absolute Gasteiger partial charge is 0.277 e. The van der Waals surface area contributed by atoms with Crippen molar-refractivity contribution in [2.45, 2.75) is 50.9 Å². The fraction of sp³-hybridized carbons (Fsp3) is 0.346. The summed E-state index contributed by atoms with van der Waals surface area (Å²) in [5.41, 5.74) is 1.24. The van der Waals surface area contributed by atoms with Gasteiger partial charge in [0.2, 0.25) is 0 Å². The molecule has 35 heavy (non-hydrogen) atoms. The summed E-state index contributed by atoms with van der Waals surface area (Å²) in [6.07, 6.45) is 3.91. The summed E-state index contributed by atoms with van der Waals surface area (Å²) in [6.45, 7) is 4.59. The first kappa shape index (κ1) is 24.5. The van der Waals surface area contributed by atoms with Gasteiger partial charge in [0.15, 0.2) is 0 Å². The maximum Gasteiger partial charge on any atom is 0.277 e. The molecule has 0 heterocycles. The van der Waals surface area contributed by atoms with E-state index >= 15 is 0 Å². The van der Waals surface area contributed by atoms with Crippen LogP contribution in [0.2, 0.25) is 19.1 Å². The van der Waals surface area contributed by atoms with Crippen molar-refractivity contribution in [3.63, 3.8) is 0 Å². The maximum absolute atomic E-state index is 13.4. The van der Waals surface area contributed by atoms with Gasteiger partial charge in [0.05, 0.1) is 27.5 Å². The quantitative estimate of drug-likeness (QED) is 0.228. The molecular formula is C26H28N3O5Si. The molecule has 2 atom stereocenters. The average molecular weight is 491 g/mol. The van der Waals surface area contributed by atoms with E-state index in [1.165, 1.54) is 11.6 Å². The topological polar surface area (TPSA) is 115 Å². The van der Waals surface area contributed by atoms with Crippen molar-refractivity contribution in [2.75, 3.05) is 0 Å². The third kappa shape index (κ3) is 5.40. The molecule has 1 radical (unpaired) electrons. The molecule has 4 rings (SSSR count). The second kappa shape index (κ2) is 10.3. The minimum Gasteiger partial charge on any atom is -0.345 e. The number of nitro groups is 2. The standard InChI is InChI=1S/C26H28N3O5Si/c1-35(2)13-5-7-19-12-11-18-10-9-17-6-3-4-8-23(17)24(18)25(19)27-26(30)20-14-21(28(31)32)16-22(15-20)29(33)34/h3-4,6,8-10,14-16,19,25H,5,7,11-13H2,1-2H3,(H,27,30)/t19-,25-/m0/s1. The van der Waals surface area contributed by atoms with Gasteiger partial charge in [-0.15, -0.1) is 0 Å². The number of amides is 1. The maximum atomic E-state index is 13.4. The van der Waals surface area contributed by atoms with E-state index in [-0.39, 0.29) is 26.3 Å². The number of aryl methyl sites for hydroxylation is 1. The van der Waals surface area contributed by atoms with Gasteiger partial charge >= 0.3 is 0 Å². The molecule has 0 saturated carbocycles. The summed E-state index contributed by atoms with van der Waals surface area (Å²) >= 11 is 0. The van der Waals surface area contributed by atoms with Gasteiger partial charge in [-0.05, 0) is 47.1 Å². The number of benzene rings is 3. The normalized spacial score (nSPS) is 17.2. The lowest BCUT2D eigenvalue weighted by Gasteiger charge is -2.35. The van der Waals surface area contributed by atoms with Gasteiger partial charge in [-0.25, -0.2) is 0 Å². The Morgan fingerprint density at radius 1 is 1.03 bits per heavy atom. The highest BCUT2D eigenvalue weighted by atomic mass is 28.3. The van der Waals surface area contributed by atoms with Gasteiger partial charge in [0.1, 0.15) is 0 Å². The van der Waals surface area contributed by atoms with Crippen molar-refractivity contribution in [3.8, 4) is 0 Å². The molecule has 0 unspecified atom stereocenters. The number of nitrogens with zero attached hydrogens (tertiary/aromatic N) is 2. The molecule has 181 valence electrons. The second-order valence-corrected chi connectivity index (χ2v) is 12.4. The zero-order valence-corrected chi connectivity index (χ0v) is 20.8. The van der Waals surface area contributed by atoms with Crippen molar-refractivity contribution >= 4 is 36.9 Å². The molecule has 3 aromatic rings. The molecule has 3 aromatic carbocycles. The first-order chi connectivity index (χ1) is 16.7. The van der Waals surface area contributed by atoms with Crippen LogP contribution in [0.4, 0.5) is 11.4 Å². The van der Waals surface area contributed by atoms with Gasteiger partial charge < -0.3 is 5.32 Å². The minimum atomic E-state index is -0.717. The summed E-state index contributed by atoms with van der Waals surface area (Å²) in [6, 6.07) is 16.3. The number of non-ortho nitro benzene ring substituents is 2. The van der Waals surface area contributed by atoms with Crippen molar-refractivity contribution in [1.82, 2.24) is 5.32 Å². The molecular weight excluding hydrogens is 462 g/mol. The van der Waals surface area contributed by atoms with Crippen LogP contribution in [0.1, 0.15) is 46.8 Å². The zero-order chi connectivity index (χ0) is 25.1. The van der Waals surface area contributed by atoms with Crippen LogP contribution in [0.5, 0.6) is 0 Å². The molecule has 1 aliphatic carbocycles. The van der Waals surface area contributed by atoms with Crippen LogP contribution in [0.3, 0.4) is 0 Å². The predicted octanol–water partition coefficient (Wildman–Crippen LogP) is 6.22. The first-order valence-corrected chi connectivity index (χ1v) is 14.5. The number of carbonyl (C=O) groups excluding carboxylic acids is 1. The summed E-state index contributed by atoms with van der Waals surface area (Å²) in [5.74, 6) is -0.324. The number of hydrogen-bond donors (Lipinski definition) is 1. The molecule has 0 bridgehead atoms. The summed E-state index contributed by atoms with van der Waals surface area (Å²) in [4.78, 5) is 34.6. The Bertz CT molecular complexity index is 1260. The number of rotatable bonds is 8. The number of fused-ring (bicyclic) bond motifs is 3. The van der Waals surface area contributed by atoms with E-state index in [9.17, 15) is 25.0 Å². The van der Waals surface area contributed by atoms with Crippen LogP contribution in [0.15, 0.2) is 54.6 Å². The molecule has 0 fully saturated rings.